The van der Waals surface area contributed by atoms with Gasteiger partial charge in [-0.2, -0.15) is 0 Å². The third-order valence-corrected chi connectivity index (χ3v) is 7.52. The van der Waals surface area contributed by atoms with Gasteiger partial charge < -0.3 is 29.6 Å². The van der Waals surface area contributed by atoms with Crippen molar-refractivity contribution in [2.24, 2.45) is 0 Å². The van der Waals surface area contributed by atoms with E-state index < -0.39 is 5.97 Å². The normalized spacial score (nSPS) is 16.3. The second-order valence-electron chi connectivity index (χ2n) is 9.73. The first-order valence-corrected chi connectivity index (χ1v) is 13.5. The second kappa shape index (κ2) is 11.4. The number of amides is 1. The number of aryl methyl sites for hydroxylation is 1. The first-order chi connectivity index (χ1) is 19.7. The van der Waals surface area contributed by atoms with Gasteiger partial charge in [-0.15, -0.1) is 0 Å². The maximum absolute atomic E-state index is 12.7. The van der Waals surface area contributed by atoms with Gasteiger partial charge in [-0.05, 0) is 80.2 Å². The highest BCUT2D eigenvalue weighted by Crippen LogP contribution is 2.45. The van der Waals surface area contributed by atoms with Crippen LogP contribution in [0.25, 0.3) is 5.69 Å². The van der Waals surface area contributed by atoms with E-state index in [0.29, 0.717) is 22.1 Å². The molecule has 1 aliphatic heterocycles. The Labute approximate surface area is 244 Å². The minimum atomic E-state index is -0.407. The number of thiocarbonyl (C=S) groups is 1. The molecule has 2 aromatic heterocycles. The summed E-state index contributed by atoms with van der Waals surface area (Å²) in [4.78, 5) is 31.3. The lowest BCUT2D eigenvalue weighted by Gasteiger charge is -2.29. The van der Waals surface area contributed by atoms with Gasteiger partial charge in [0.15, 0.2) is 5.11 Å². The molecule has 9 nitrogen and oxygen atoms in total. The van der Waals surface area contributed by atoms with Gasteiger partial charge in [-0.1, -0.05) is 18.2 Å². The average molecular weight is 570 g/mol. The van der Waals surface area contributed by atoms with Crippen LogP contribution >= 0.6 is 12.2 Å². The summed E-state index contributed by atoms with van der Waals surface area (Å²) >= 11 is 5.92. The molecule has 1 fully saturated rings. The minimum absolute atomic E-state index is 0.210. The quantitative estimate of drug-likeness (QED) is 0.225. The summed E-state index contributed by atoms with van der Waals surface area (Å²) in [5.41, 5.74) is 6.23. The number of methoxy groups -OCH3 is 2. The molecule has 41 heavy (non-hydrogen) atoms. The van der Waals surface area contributed by atoms with Crippen molar-refractivity contribution in [2.75, 3.05) is 24.4 Å². The molecule has 4 aromatic rings. The van der Waals surface area contributed by atoms with Crippen LogP contribution < -0.4 is 20.3 Å². The highest BCUT2D eigenvalue weighted by atomic mass is 32.1. The maximum Gasteiger partial charge on any atom is 0.339 e. The number of ether oxygens (including phenoxy) is 2. The number of esters is 1. The standard InChI is InChI=1S/C31H31N5O4S/c1-18-16-23(19(2)35(18)26-12-7-6-10-22(26)30(38)40-5)29-28(24-11-8-9-15-32-24)34-31(41)36(29)21-13-14-27(39-4)25(17-21)33-20(3)37/h6-17,28-29H,1-5H3,(H,33,37)(H,34,41)/t28-,29+/m0/s1. The van der Waals surface area contributed by atoms with Crippen LogP contribution in [0, 0.1) is 13.8 Å². The molecule has 2 N–H and O–H groups in total. The zero-order chi connectivity index (χ0) is 29.3. The molecule has 5 rings (SSSR count). The van der Waals surface area contributed by atoms with Gasteiger partial charge in [-0.25, -0.2) is 4.79 Å². The number of nitrogens with zero attached hydrogens (tertiary/aromatic N) is 3. The number of carbonyl (C=O) groups excluding carboxylic acids is 2. The Balaban J connectivity index is 1.70. The Morgan fingerprint density at radius 3 is 2.46 bits per heavy atom. The molecule has 10 heteroatoms. The van der Waals surface area contributed by atoms with Crippen LogP contribution in [0.2, 0.25) is 0 Å². The largest absolute Gasteiger partial charge is 0.495 e. The van der Waals surface area contributed by atoms with Crippen LogP contribution in [0.1, 0.15) is 52.0 Å². The molecule has 1 amide bonds. The van der Waals surface area contributed by atoms with E-state index >= 15 is 0 Å². The minimum Gasteiger partial charge on any atom is -0.495 e. The van der Waals surface area contributed by atoms with E-state index in [4.69, 9.17) is 21.7 Å². The smallest absolute Gasteiger partial charge is 0.339 e. The third kappa shape index (κ3) is 5.14. The van der Waals surface area contributed by atoms with E-state index in [1.807, 2.05) is 73.3 Å². The molecule has 0 saturated carbocycles. The van der Waals surface area contributed by atoms with E-state index in [1.54, 1.807) is 19.4 Å². The highest BCUT2D eigenvalue weighted by Gasteiger charge is 2.42. The first-order valence-electron chi connectivity index (χ1n) is 13.1. The van der Waals surface area contributed by atoms with Crippen LogP contribution in [0.15, 0.2) is 72.9 Å². The summed E-state index contributed by atoms with van der Waals surface area (Å²) in [6, 6.07) is 20.3. The predicted octanol–water partition coefficient (Wildman–Crippen LogP) is 5.42. The molecule has 0 spiro atoms. The number of hydrogen-bond donors (Lipinski definition) is 2. The number of benzene rings is 2. The monoisotopic (exact) mass is 569 g/mol. The van der Waals surface area contributed by atoms with Gasteiger partial charge >= 0.3 is 5.97 Å². The summed E-state index contributed by atoms with van der Waals surface area (Å²) in [5, 5.41) is 6.86. The molecular formula is C31H31N5O4S. The lowest BCUT2D eigenvalue weighted by atomic mass is 9.96. The summed E-state index contributed by atoms with van der Waals surface area (Å²) in [6.45, 7) is 5.49. The van der Waals surface area contributed by atoms with Crippen LogP contribution in [-0.4, -0.2) is 40.8 Å². The Morgan fingerprint density at radius 2 is 1.78 bits per heavy atom. The van der Waals surface area contributed by atoms with Crippen LogP contribution in [0.4, 0.5) is 11.4 Å². The zero-order valence-corrected chi connectivity index (χ0v) is 24.3. The molecule has 0 bridgehead atoms. The fourth-order valence-electron chi connectivity index (χ4n) is 5.49. The van der Waals surface area contributed by atoms with Gasteiger partial charge in [-0.3, -0.25) is 9.78 Å². The number of anilines is 2. The van der Waals surface area contributed by atoms with Crippen molar-refractivity contribution in [3.8, 4) is 11.4 Å². The Bertz CT molecular complexity index is 1630. The maximum atomic E-state index is 12.7. The van der Waals surface area contributed by atoms with E-state index in [2.05, 4.69) is 26.3 Å². The van der Waals surface area contributed by atoms with E-state index in [-0.39, 0.29) is 18.0 Å². The SMILES string of the molecule is COC(=O)c1ccccc1-n1c(C)cc([C@@H]2[C@H](c3ccccn3)NC(=S)N2c2ccc(OC)c(NC(C)=O)c2)c1C. The number of rotatable bonds is 7. The fourth-order valence-corrected chi connectivity index (χ4v) is 5.84. The Kier molecular flexibility index (Phi) is 7.76. The van der Waals surface area contributed by atoms with Gasteiger partial charge in [0.05, 0.1) is 48.9 Å². The molecule has 2 aromatic carbocycles. The van der Waals surface area contributed by atoms with Crippen molar-refractivity contribution in [1.82, 2.24) is 14.9 Å². The van der Waals surface area contributed by atoms with E-state index in [0.717, 1.165) is 34.0 Å². The molecule has 1 saturated heterocycles. The number of para-hydroxylation sites is 1. The van der Waals surface area contributed by atoms with Gasteiger partial charge in [0.1, 0.15) is 5.75 Å². The van der Waals surface area contributed by atoms with Gasteiger partial charge in [0.2, 0.25) is 5.91 Å². The van der Waals surface area contributed by atoms with E-state index in [1.165, 1.54) is 14.0 Å². The second-order valence-corrected chi connectivity index (χ2v) is 10.1. The molecule has 3 heterocycles. The topological polar surface area (TPSA) is 97.7 Å². The van der Waals surface area contributed by atoms with Crippen molar-refractivity contribution in [3.63, 3.8) is 0 Å². The van der Waals surface area contributed by atoms with E-state index in [9.17, 15) is 9.59 Å². The number of nitrogens with one attached hydrogen (secondary N) is 2. The predicted molar refractivity (Wildman–Crippen MR) is 162 cm³/mol. The molecule has 0 unspecified atom stereocenters. The lowest BCUT2D eigenvalue weighted by molar-refractivity contribution is -0.114. The van der Waals surface area contributed by atoms with Crippen LogP contribution in [0.3, 0.4) is 0 Å². The molecule has 2 atom stereocenters. The van der Waals surface area contributed by atoms with Gasteiger partial charge in [0.25, 0.3) is 0 Å². The summed E-state index contributed by atoms with van der Waals surface area (Å²) < 4.78 is 12.6. The number of aromatic nitrogens is 2. The highest BCUT2D eigenvalue weighted by molar-refractivity contribution is 7.80. The van der Waals surface area contributed by atoms with Crippen LogP contribution in [-0.2, 0) is 9.53 Å². The average Bonchev–Trinajstić information content (AvgIpc) is 3.47. The third-order valence-electron chi connectivity index (χ3n) is 7.21. The first kappa shape index (κ1) is 27.9. The number of pyridine rings is 1. The summed E-state index contributed by atoms with van der Waals surface area (Å²) in [7, 11) is 2.94. The molecule has 210 valence electrons. The number of carbonyl (C=O) groups is 2. The fraction of sp³-hybridized carbons (Fsp3) is 0.226. The van der Waals surface area contributed by atoms with Crippen LogP contribution in [0.5, 0.6) is 5.75 Å². The van der Waals surface area contributed by atoms with Gasteiger partial charge in [0, 0.05) is 30.2 Å². The molecular weight excluding hydrogens is 538 g/mol. The van der Waals surface area contributed by atoms with Crippen molar-refractivity contribution in [3.05, 3.63) is 101 Å². The van der Waals surface area contributed by atoms with Crippen molar-refractivity contribution < 1.29 is 19.1 Å². The van der Waals surface area contributed by atoms with Crippen molar-refractivity contribution in [1.29, 1.82) is 0 Å². The Morgan fingerprint density at radius 1 is 1.02 bits per heavy atom. The molecule has 1 aliphatic rings. The number of hydrogen-bond acceptors (Lipinski definition) is 6. The Hall–Kier alpha value is -4.70. The summed E-state index contributed by atoms with van der Waals surface area (Å²) in [5.74, 6) is -0.0779. The zero-order valence-electron chi connectivity index (χ0n) is 23.5. The molecule has 0 radical (unpaired) electrons. The lowest BCUT2D eigenvalue weighted by Crippen LogP contribution is -2.29. The van der Waals surface area contributed by atoms with Crippen molar-refractivity contribution >= 4 is 40.6 Å². The summed E-state index contributed by atoms with van der Waals surface area (Å²) in [6.07, 6.45) is 1.76. The van der Waals surface area contributed by atoms with Crippen molar-refractivity contribution in [2.45, 2.75) is 32.9 Å². The molecule has 0 aliphatic carbocycles.